The van der Waals surface area contributed by atoms with Crippen molar-refractivity contribution in [1.29, 1.82) is 0 Å². The summed E-state index contributed by atoms with van der Waals surface area (Å²) < 4.78 is 26.0. The minimum absolute atomic E-state index is 0. The summed E-state index contributed by atoms with van der Waals surface area (Å²) in [4.78, 5) is 20.6. The molecule has 188 valence electrons. The molecule has 3 aromatic rings. The number of aliphatic hydroxyl groups is 1. The first kappa shape index (κ1) is 28.6. The van der Waals surface area contributed by atoms with Crippen molar-refractivity contribution >= 4 is 39.8 Å². The van der Waals surface area contributed by atoms with Crippen LogP contribution in [0.25, 0.3) is 0 Å². The molecule has 7 nitrogen and oxygen atoms in total. The third-order valence-electron chi connectivity index (χ3n) is 5.10. The molecular formula is C25H27Cl2NO6S. The van der Waals surface area contributed by atoms with Crippen molar-refractivity contribution in [1.82, 2.24) is 5.32 Å². The molecule has 0 aliphatic heterocycles. The molecule has 3 rings (SSSR count). The lowest BCUT2D eigenvalue weighted by atomic mass is 10.1. The zero-order chi connectivity index (χ0) is 24.7. The van der Waals surface area contributed by atoms with Crippen molar-refractivity contribution in [3.8, 4) is 5.75 Å². The highest BCUT2D eigenvalue weighted by Crippen LogP contribution is 2.27. The molecule has 0 aliphatic rings. The van der Waals surface area contributed by atoms with Crippen LogP contribution in [0.3, 0.4) is 0 Å². The molecule has 0 aliphatic carbocycles. The number of halogens is 2. The Labute approximate surface area is 216 Å². The first-order valence-electron chi connectivity index (χ1n) is 10.6. The van der Waals surface area contributed by atoms with Crippen LogP contribution in [0.2, 0.25) is 5.02 Å². The molecule has 3 aromatic carbocycles. The van der Waals surface area contributed by atoms with Gasteiger partial charge in [-0.25, -0.2) is 13.2 Å². The maximum Gasteiger partial charge on any atom is 0.352 e. The molecule has 0 amide bonds. The van der Waals surface area contributed by atoms with Crippen LogP contribution in [-0.4, -0.2) is 32.6 Å². The van der Waals surface area contributed by atoms with E-state index in [2.05, 4.69) is 10.2 Å². The number of hydrogen-bond donors (Lipinski definition) is 2. The SMILES string of the molecule is CC(=O)OOc1ccc(S(=O)(=O)c2ccc(CCNC[C@H](O)c3cccc(Cl)c3)cc2)cc1C.Cl. The van der Waals surface area contributed by atoms with E-state index in [9.17, 15) is 18.3 Å². The second-order valence-corrected chi connectivity index (χ2v) is 10.1. The summed E-state index contributed by atoms with van der Waals surface area (Å²) in [7, 11) is -3.72. The van der Waals surface area contributed by atoms with Gasteiger partial charge in [-0.3, -0.25) is 9.78 Å². The number of carbonyl (C=O) groups excluding carboxylic acids is 1. The molecule has 0 unspecified atom stereocenters. The van der Waals surface area contributed by atoms with Gasteiger partial charge in [0.05, 0.1) is 15.9 Å². The number of carbonyl (C=O) groups is 1. The third kappa shape index (κ3) is 7.95. The first-order valence-corrected chi connectivity index (χ1v) is 12.5. The zero-order valence-corrected chi connectivity index (χ0v) is 21.6. The van der Waals surface area contributed by atoms with Crippen molar-refractivity contribution in [2.24, 2.45) is 0 Å². The highest BCUT2D eigenvalue weighted by molar-refractivity contribution is 7.91. The van der Waals surface area contributed by atoms with Crippen LogP contribution >= 0.6 is 24.0 Å². The summed E-state index contributed by atoms with van der Waals surface area (Å²) in [6.45, 7) is 3.87. The third-order valence-corrected chi connectivity index (χ3v) is 7.10. The zero-order valence-electron chi connectivity index (χ0n) is 19.2. The second kappa shape index (κ2) is 12.9. The van der Waals surface area contributed by atoms with Gasteiger partial charge >= 0.3 is 5.97 Å². The molecular weight excluding hydrogens is 513 g/mol. The molecule has 0 spiro atoms. The van der Waals surface area contributed by atoms with Crippen LogP contribution in [0, 0.1) is 6.92 Å². The maximum absolute atomic E-state index is 13.0. The minimum Gasteiger partial charge on any atom is -0.387 e. The Bertz CT molecular complexity index is 1250. The predicted octanol–water partition coefficient (Wildman–Crippen LogP) is 4.63. The van der Waals surface area contributed by atoms with Crippen molar-refractivity contribution in [2.45, 2.75) is 36.2 Å². The van der Waals surface area contributed by atoms with Gasteiger partial charge < -0.3 is 10.4 Å². The number of nitrogens with one attached hydrogen (secondary N) is 1. The Hall–Kier alpha value is -2.62. The largest absolute Gasteiger partial charge is 0.387 e. The lowest BCUT2D eigenvalue weighted by molar-refractivity contribution is -0.211. The fourth-order valence-electron chi connectivity index (χ4n) is 3.26. The van der Waals surface area contributed by atoms with Crippen molar-refractivity contribution in [3.05, 3.63) is 88.4 Å². The van der Waals surface area contributed by atoms with Crippen LogP contribution in [0.1, 0.15) is 29.7 Å². The van der Waals surface area contributed by atoms with Gasteiger partial charge in [-0.05, 0) is 79.0 Å². The standard InChI is InChI=1S/C25H26ClNO6S.ClH/c1-17-14-23(10-11-25(17)33-32-18(2)28)34(30,31)22-8-6-19(7-9-22)12-13-27-16-24(29)20-4-3-5-21(26)15-20;/h3-11,14-15,24,27,29H,12-13,16H2,1-2H3;1H/t24-;/m0./s1. The van der Waals surface area contributed by atoms with E-state index in [0.29, 0.717) is 30.1 Å². The predicted molar refractivity (Wildman–Crippen MR) is 136 cm³/mol. The molecule has 0 saturated heterocycles. The quantitative estimate of drug-likeness (QED) is 0.220. The van der Waals surface area contributed by atoms with Crippen LogP contribution in [-0.2, 0) is 25.9 Å². The number of sulfone groups is 1. The highest BCUT2D eigenvalue weighted by Gasteiger charge is 2.19. The molecule has 2 N–H and O–H groups in total. The van der Waals surface area contributed by atoms with Gasteiger partial charge in [0, 0.05) is 18.5 Å². The molecule has 0 heterocycles. The van der Waals surface area contributed by atoms with Gasteiger partial charge in [0.15, 0.2) is 5.75 Å². The van der Waals surface area contributed by atoms with Gasteiger partial charge in [0.1, 0.15) is 0 Å². The topological polar surface area (TPSA) is 102 Å². The molecule has 0 saturated carbocycles. The molecule has 1 atom stereocenters. The molecule has 10 heteroatoms. The van der Waals surface area contributed by atoms with E-state index in [1.54, 1.807) is 49.4 Å². The number of aryl methyl sites for hydroxylation is 1. The van der Waals surface area contributed by atoms with Crippen molar-refractivity contribution in [2.75, 3.05) is 13.1 Å². The summed E-state index contributed by atoms with van der Waals surface area (Å²) in [5, 5.41) is 14.0. The Morgan fingerprint density at radius 2 is 1.74 bits per heavy atom. The molecule has 0 aromatic heterocycles. The van der Waals surface area contributed by atoms with Gasteiger partial charge in [0.2, 0.25) is 9.84 Å². The van der Waals surface area contributed by atoms with E-state index in [1.165, 1.54) is 25.1 Å². The molecule has 0 fully saturated rings. The number of rotatable bonds is 10. The Balaban J connectivity index is 0.00000432. The van der Waals surface area contributed by atoms with E-state index in [-0.39, 0.29) is 27.9 Å². The van der Waals surface area contributed by atoms with E-state index in [1.807, 2.05) is 6.07 Å². The summed E-state index contributed by atoms with van der Waals surface area (Å²) in [6.07, 6.45) is 0.00431. The minimum atomic E-state index is -3.72. The van der Waals surface area contributed by atoms with Gasteiger partial charge in [-0.15, -0.1) is 12.4 Å². The average Bonchev–Trinajstić information content (AvgIpc) is 2.81. The summed E-state index contributed by atoms with van der Waals surface area (Å²) >= 11 is 5.96. The highest BCUT2D eigenvalue weighted by atomic mass is 35.5. The van der Waals surface area contributed by atoms with Gasteiger partial charge in [-0.2, -0.15) is 0 Å². The lowest BCUT2D eigenvalue weighted by Crippen LogP contribution is -2.23. The van der Waals surface area contributed by atoms with Crippen LogP contribution in [0.5, 0.6) is 5.75 Å². The maximum atomic E-state index is 13.0. The van der Waals surface area contributed by atoms with Crippen LogP contribution in [0.4, 0.5) is 0 Å². The van der Waals surface area contributed by atoms with E-state index in [4.69, 9.17) is 16.5 Å². The van der Waals surface area contributed by atoms with E-state index >= 15 is 0 Å². The summed E-state index contributed by atoms with van der Waals surface area (Å²) in [5.41, 5.74) is 2.23. The fraction of sp³-hybridized carbons (Fsp3) is 0.240. The Kier molecular flexibility index (Phi) is 10.5. The summed E-state index contributed by atoms with van der Waals surface area (Å²) in [5.74, 6) is -0.346. The fourth-order valence-corrected chi connectivity index (χ4v) is 4.81. The lowest BCUT2D eigenvalue weighted by Gasteiger charge is -2.13. The van der Waals surface area contributed by atoms with Crippen molar-refractivity contribution in [3.63, 3.8) is 0 Å². The van der Waals surface area contributed by atoms with Crippen LogP contribution < -0.4 is 10.2 Å². The van der Waals surface area contributed by atoms with E-state index < -0.39 is 21.9 Å². The number of aliphatic hydroxyl groups excluding tert-OH is 1. The van der Waals surface area contributed by atoms with Gasteiger partial charge in [-0.1, -0.05) is 35.9 Å². The average molecular weight is 540 g/mol. The smallest absolute Gasteiger partial charge is 0.352 e. The normalized spacial score (nSPS) is 11.9. The van der Waals surface area contributed by atoms with E-state index in [0.717, 1.165) is 11.1 Å². The molecule has 35 heavy (non-hydrogen) atoms. The Morgan fingerprint density at radius 3 is 2.37 bits per heavy atom. The molecule has 0 radical (unpaired) electrons. The Morgan fingerprint density at radius 1 is 1.06 bits per heavy atom. The van der Waals surface area contributed by atoms with Gasteiger partial charge in [0.25, 0.3) is 0 Å². The number of hydrogen-bond acceptors (Lipinski definition) is 7. The molecule has 0 bridgehead atoms. The number of benzene rings is 3. The first-order chi connectivity index (χ1) is 16.2. The van der Waals surface area contributed by atoms with Crippen LogP contribution in [0.15, 0.2) is 76.5 Å². The second-order valence-electron chi connectivity index (χ2n) is 7.76. The van der Waals surface area contributed by atoms with Crippen molar-refractivity contribution < 1.29 is 28.1 Å². The monoisotopic (exact) mass is 539 g/mol. The summed E-state index contributed by atoms with van der Waals surface area (Å²) in [6, 6.07) is 18.1.